The molecular formula is C12H24N2O2. The molecule has 1 amide bonds. The molecule has 1 N–H and O–H groups in total. The van der Waals surface area contributed by atoms with E-state index < -0.39 is 11.6 Å². The number of hydrogen-bond acceptors (Lipinski definition) is 3. The molecular weight excluding hydrogens is 204 g/mol. The molecule has 0 aliphatic carbocycles. The van der Waals surface area contributed by atoms with E-state index in [1.54, 1.807) is 11.8 Å². The van der Waals surface area contributed by atoms with E-state index in [1.807, 2.05) is 20.9 Å². The van der Waals surface area contributed by atoms with Crippen LogP contribution >= 0.6 is 0 Å². The van der Waals surface area contributed by atoms with Gasteiger partial charge in [0.15, 0.2) is 0 Å². The van der Waals surface area contributed by atoms with Crippen LogP contribution in [0.1, 0.15) is 34.6 Å². The molecule has 4 heteroatoms. The number of amides is 1. The van der Waals surface area contributed by atoms with E-state index >= 15 is 0 Å². The van der Waals surface area contributed by atoms with Crippen molar-refractivity contribution >= 4 is 5.91 Å². The molecule has 1 heterocycles. The van der Waals surface area contributed by atoms with Crippen molar-refractivity contribution in [2.75, 3.05) is 20.1 Å². The number of hydrogen-bond donors (Lipinski definition) is 1. The number of aliphatic hydroxyl groups excluding tert-OH is 1. The maximum Gasteiger partial charge on any atom is 0.242 e. The molecule has 0 aromatic heterocycles. The minimum Gasteiger partial charge on any atom is -0.392 e. The molecule has 1 rings (SSSR count). The van der Waals surface area contributed by atoms with Crippen molar-refractivity contribution in [1.82, 2.24) is 9.80 Å². The van der Waals surface area contributed by atoms with Gasteiger partial charge in [0, 0.05) is 18.6 Å². The summed E-state index contributed by atoms with van der Waals surface area (Å²) in [6, 6.07) is 0. The van der Waals surface area contributed by atoms with E-state index in [9.17, 15) is 9.90 Å². The van der Waals surface area contributed by atoms with E-state index in [2.05, 4.69) is 18.7 Å². The SMILES string of the molecule is CC(O)CN1CC(C)(C)N(C)C(C)(C)C1=O. The third-order valence-corrected chi connectivity index (χ3v) is 3.62. The van der Waals surface area contributed by atoms with Crippen molar-refractivity contribution in [1.29, 1.82) is 0 Å². The minimum absolute atomic E-state index is 0.0632. The Labute approximate surface area is 98.2 Å². The summed E-state index contributed by atoms with van der Waals surface area (Å²) in [4.78, 5) is 16.1. The Bertz CT molecular complexity index is 285. The molecule has 1 unspecified atom stereocenters. The first-order valence-corrected chi connectivity index (χ1v) is 5.80. The molecule has 0 bridgehead atoms. The van der Waals surface area contributed by atoms with Crippen LogP contribution in [0.2, 0.25) is 0 Å². The second-order valence-corrected chi connectivity index (χ2v) is 5.97. The zero-order valence-electron chi connectivity index (χ0n) is 11.2. The summed E-state index contributed by atoms with van der Waals surface area (Å²) >= 11 is 0. The molecule has 94 valence electrons. The summed E-state index contributed by atoms with van der Waals surface area (Å²) in [7, 11) is 1.98. The van der Waals surface area contributed by atoms with E-state index in [0.29, 0.717) is 13.1 Å². The number of nitrogens with zero attached hydrogens (tertiary/aromatic N) is 2. The van der Waals surface area contributed by atoms with Crippen molar-refractivity contribution in [3.8, 4) is 0 Å². The molecule has 4 nitrogen and oxygen atoms in total. The van der Waals surface area contributed by atoms with Crippen molar-refractivity contribution in [2.45, 2.75) is 51.8 Å². The van der Waals surface area contributed by atoms with Gasteiger partial charge in [-0.3, -0.25) is 9.69 Å². The van der Waals surface area contributed by atoms with Gasteiger partial charge in [-0.1, -0.05) is 0 Å². The number of aliphatic hydroxyl groups is 1. The van der Waals surface area contributed by atoms with Crippen LogP contribution < -0.4 is 0 Å². The maximum atomic E-state index is 12.3. The van der Waals surface area contributed by atoms with Crippen LogP contribution in [0.15, 0.2) is 0 Å². The molecule has 0 spiro atoms. The van der Waals surface area contributed by atoms with Gasteiger partial charge < -0.3 is 10.0 Å². The van der Waals surface area contributed by atoms with Crippen molar-refractivity contribution in [3.05, 3.63) is 0 Å². The topological polar surface area (TPSA) is 43.8 Å². The fourth-order valence-corrected chi connectivity index (χ4v) is 2.40. The molecule has 1 aliphatic rings. The lowest BCUT2D eigenvalue weighted by molar-refractivity contribution is -0.159. The van der Waals surface area contributed by atoms with Crippen LogP contribution in [0.3, 0.4) is 0 Å². The van der Waals surface area contributed by atoms with Crippen LogP contribution in [0.5, 0.6) is 0 Å². The molecule has 1 aliphatic heterocycles. The lowest BCUT2D eigenvalue weighted by Crippen LogP contribution is -2.70. The zero-order valence-corrected chi connectivity index (χ0v) is 11.2. The second-order valence-electron chi connectivity index (χ2n) is 5.97. The lowest BCUT2D eigenvalue weighted by Gasteiger charge is -2.53. The Morgan fingerprint density at radius 3 is 2.31 bits per heavy atom. The number of carbonyl (C=O) groups is 1. The van der Waals surface area contributed by atoms with Crippen LogP contribution in [0.25, 0.3) is 0 Å². The summed E-state index contributed by atoms with van der Waals surface area (Å²) in [5.74, 6) is 0.0928. The van der Waals surface area contributed by atoms with Gasteiger partial charge in [-0.25, -0.2) is 0 Å². The monoisotopic (exact) mass is 228 g/mol. The first kappa shape index (κ1) is 13.5. The molecule has 0 aromatic rings. The molecule has 16 heavy (non-hydrogen) atoms. The highest BCUT2D eigenvalue weighted by Crippen LogP contribution is 2.31. The first-order valence-electron chi connectivity index (χ1n) is 5.80. The maximum absolute atomic E-state index is 12.3. The normalized spacial score (nSPS) is 26.9. The van der Waals surface area contributed by atoms with Crippen LogP contribution in [-0.4, -0.2) is 58.1 Å². The average Bonchev–Trinajstić information content (AvgIpc) is 2.11. The molecule has 0 saturated carbocycles. The highest BCUT2D eigenvalue weighted by Gasteiger charge is 2.48. The molecule has 1 fully saturated rings. The van der Waals surface area contributed by atoms with E-state index in [0.717, 1.165) is 0 Å². The number of piperazine rings is 1. The predicted octanol–water partition coefficient (Wildman–Crippen LogP) is 0.698. The Hall–Kier alpha value is -0.610. The average molecular weight is 228 g/mol. The lowest BCUT2D eigenvalue weighted by atomic mass is 9.87. The molecule has 1 atom stereocenters. The van der Waals surface area contributed by atoms with Gasteiger partial charge in [-0.15, -0.1) is 0 Å². The van der Waals surface area contributed by atoms with Crippen molar-refractivity contribution in [3.63, 3.8) is 0 Å². The molecule has 0 aromatic carbocycles. The molecule has 0 radical (unpaired) electrons. The summed E-state index contributed by atoms with van der Waals surface area (Å²) in [5, 5.41) is 9.42. The Morgan fingerprint density at radius 1 is 1.38 bits per heavy atom. The van der Waals surface area contributed by atoms with E-state index in [1.165, 1.54) is 0 Å². The van der Waals surface area contributed by atoms with Gasteiger partial charge in [-0.05, 0) is 41.7 Å². The van der Waals surface area contributed by atoms with Gasteiger partial charge in [0.2, 0.25) is 5.91 Å². The molecule has 1 saturated heterocycles. The number of rotatable bonds is 2. The smallest absolute Gasteiger partial charge is 0.242 e. The van der Waals surface area contributed by atoms with Gasteiger partial charge in [0.05, 0.1) is 11.6 Å². The summed E-state index contributed by atoms with van der Waals surface area (Å²) < 4.78 is 0. The van der Waals surface area contributed by atoms with E-state index in [-0.39, 0.29) is 11.4 Å². The third kappa shape index (κ3) is 2.23. The second kappa shape index (κ2) is 4.00. The van der Waals surface area contributed by atoms with Gasteiger partial charge >= 0.3 is 0 Å². The Morgan fingerprint density at radius 2 is 1.88 bits per heavy atom. The number of β-amino-alcohol motifs (C(OH)–C–C–N with tert-alkyl or cyclic N) is 1. The zero-order chi connectivity index (χ0) is 12.7. The van der Waals surface area contributed by atoms with Gasteiger partial charge in [-0.2, -0.15) is 0 Å². The Kier molecular flexibility index (Phi) is 3.37. The minimum atomic E-state index is -0.503. The highest BCUT2D eigenvalue weighted by molar-refractivity contribution is 5.86. The number of carbonyl (C=O) groups excluding carboxylic acids is 1. The summed E-state index contributed by atoms with van der Waals surface area (Å²) in [5.41, 5.74) is -0.567. The largest absolute Gasteiger partial charge is 0.392 e. The van der Waals surface area contributed by atoms with E-state index in [4.69, 9.17) is 0 Å². The summed E-state index contributed by atoms with van der Waals surface area (Å²) in [6.45, 7) is 10.9. The third-order valence-electron chi connectivity index (χ3n) is 3.62. The van der Waals surface area contributed by atoms with Crippen molar-refractivity contribution in [2.24, 2.45) is 0 Å². The Balaban J connectivity index is 2.96. The fraction of sp³-hybridized carbons (Fsp3) is 0.917. The van der Waals surface area contributed by atoms with Crippen molar-refractivity contribution < 1.29 is 9.90 Å². The van der Waals surface area contributed by atoms with Gasteiger partial charge in [0.25, 0.3) is 0 Å². The standard InChI is InChI=1S/C12H24N2O2/c1-9(15)7-14-8-11(2,3)13(6)12(4,5)10(14)16/h9,15H,7-8H2,1-6H3. The fourth-order valence-electron chi connectivity index (χ4n) is 2.40. The van der Waals surface area contributed by atoms with Crippen LogP contribution in [-0.2, 0) is 4.79 Å². The quantitative estimate of drug-likeness (QED) is 0.756. The van der Waals surface area contributed by atoms with Gasteiger partial charge in [0.1, 0.15) is 0 Å². The predicted molar refractivity (Wildman–Crippen MR) is 64.2 cm³/mol. The highest BCUT2D eigenvalue weighted by atomic mass is 16.3. The first-order chi connectivity index (χ1) is 7.09. The van der Waals surface area contributed by atoms with Crippen LogP contribution in [0, 0.1) is 0 Å². The number of likely N-dealkylation sites (N-methyl/N-ethyl adjacent to an activating group) is 1. The van der Waals surface area contributed by atoms with Crippen LogP contribution in [0.4, 0.5) is 0 Å². The summed E-state index contributed by atoms with van der Waals surface area (Å²) in [6.07, 6.45) is -0.473.